The Bertz CT molecular complexity index is 626. The van der Waals surface area contributed by atoms with E-state index in [4.69, 9.17) is 4.74 Å². The van der Waals surface area contributed by atoms with Gasteiger partial charge in [-0.25, -0.2) is 0 Å². The molecule has 0 atom stereocenters. The van der Waals surface area contributed by atoms with Gasteiger partial charge >= 0.3 is 0 Å². The number of hydrogen-bond acceptors (Lipinski definition) is 2. The molecule has 0 N–H and O–H groups in total. The van der Waals surface area contributed by atoms with E-state index < -0.39 is 0 Å². The molecule has 1 heterocycles. The van der Waals surface area contributed by atoms with Gasteiger partial charge in [-0.3, -0.25) is 4.79 Å². The third kappa shape index (κ3) is 2.93. The van der Waals surface area contributed by atoms with Gasteiger partial charge in [-0.2, -0.15) is 0 Å². The Morgan fingerprint density at radius 2 is 1.90 bits per heavy atom. The molecule has 1 aromatic carbocycles. The van der Waals surface area contributed by atoms with Crippen LogP contribution in [0.25, 0.3) is 0 Å². The minimum atomic E-state index is 0.596. The molecule has 0 radical (unpaired) electrons. The summed E-state index contributed by atoms with van der Waals surface area (Å²) in [6.45, 7) is 9.45. The first-order valence-electron chi connectivity index (χ1n) is 6.85. The molecule has 3 nitrogen and oxygen atoms in total. The third-order valence-electron chi connectivity index (χ3n) is 3.64. The number of hydrogen-bond donors (Lipinski definition) is 0. The average Bonchev–Trinajstić information content (AvgIpc) is 2.68. The Kier molecular flexibility index (Phi) is 4.28. The zero-order valence-electron chi connectivity index (χ0n) is 12.6. The predicted molar refractivity (Wildman–Crippen MR) is 80.7 cm³/mol. The fourth-order valence-corrected chi connectivity index (χ4v) is 2.50. The number of nitrogens with zero attached hydrogens (tertiary/aromatic N) is 1. The van der Waals surface area contributed by atoms with Crippen molar-refractivity contribution in [2.75, 3.05) is 6.61 Å². The summed E-state index contributed by atoms with van der Waals surface area (Å²) < 4.78 is 7.96. The third-order valence-corrected chi connectivity index (χ3v) is 3.64. The molecule has 3 heteroatoms. The highest BCUT2D eigenvalue weighted by Crippen LogP contribution is 2.19. The van der Waals surface area contributed by atoms with Crippen LogP contribution in [0.1, 0.15) is 32.9 Å². The van der Waals surface area contributed by atoms with Gasteiger partial charge < -0.3 is 9.30 Å². The molecule has 0 bridgehead atoms. The minimum Gasteiger partial charge on any atom is -0.491 e. The van der Waals surface area contributed by atoms with Gasteiger partial charge in [-0.1, -0.05) is 17.7 Å². The molecule has 0 fully saturated rings. The summed E-state index contributed by atoms with van der Waals surface area (Å²) in [7, 11) is 0. The highest BCUT2D eigenvalue weighted by molar-refractivity contribution is 5.77. The van der Waals surface area contributed by atoms with Crippen molar-refractivity contribution in [1.29, 1.82) is 0 Å². The second-order valence-electron chi connectivity index (χ2n) is 5.21. The smallest absolute Gasteiger partial charge is 0.151 e. The molecule has 0 unspecified atom stereocenters. The average molecular weight is 271 g/mol. The Balaban J connectivity index is 2.03. The maximum absolute atomic E-state index is 10.9. The van der Waals surface area contributed by atoms with Crippen molar-refractivity contribution in [2.45, 2.75) is 34.2 Å². The normalized spacial score (nSPS) is 10.6. The number of ether oxygens (including phenoxy) is 1. The van der Waals surface area contributed by atoms with Gasteiger partial charge in [-0.05, 0) is 45.4 Å². The van der Waals surface area contributed by atoms with E-state index in [9.17, 15) is 4.79 Å². The van der Waals surface area contributed by atoms with Crippen molar-refractivity contribution >= 4 is 6.29 Å². The van der Waals surface area contributed by atoms with E-state index in [1.165, 1.54) is 5.56 Å². The summed E-state index contributed by atoms with van der Waals surface area (Å²) >= 11 is 0. The first kappa shape index (κ1) is 14.4. The van der Waals surface area contributed by atoms with Gasteiger partial charge in [0.25, 0.3) is 0 Å². The Hall–Kier alpha value is -2.03. The Labute approximate surface area is 120 Å². The SMILES string of the molecule is Cc1ccc(OCCn2c(C)cc(C=O)c2C)c(C)c1. The number of aldehydes is 1. The summed E-state index contributed by atoms with van der Waals surface area (Å²) in [6.07, 6.45) is 0.907. The topological polar surface area (TPSA) is 31.2 Å². The molecule has 0 aliphatic carbocycles. The standard InChI is InChI=1S/C17H21NO2/c1-12-5-6-17(13(2)9-12)20-8-7-18-14(3)10-16(11-19)15(18)4/h5-6,9-11H,7-8H2,1-4H3. The first-order valence-corrected chi connectivity index (χ1v) is 6.85. The van der Waals surface area contributed by atoms with Crippen LogP contribution >= 0.6 is 0 Å². The molecule has 2 aromatic rings. The summed E-state index contributed by atoms with van der Waals surface area (Å²) in [5.74, 6) is 0.925. The van der Waals surface area contributed by atoms with Crippen LogP contribution in [0.15, 0.2) is 24.3 Å². The lowest BCUT2D eigenvalue weighted by Gasteiger charge is -2.13. The maximum Gasteiger partial charge on any atom is 0.151 e. The number of carbonyl (C=O) groups is 1. The molecule has 106 valence electrons. The Morgan fingerprint density at radius 1 is 1.15 bits per heavy atom. The fourth-order valence-electron chi connectivity index (χ4n) is 2.50. The van der Waals surface area contributed by atoms with Crippen molar-refractivity contribution in [3.05, 3.63) is 52.3 Å². The molecular weight excluding hydrogens is 250 g/mol. The van der Waals surface area contributed by atoms with Gasteiger partial charge in [0, 0.05) is 17.0 Å². The maximum atomic E-state index is 10.9. The number of aryl methyl sites for hydroxylation is 3. The summed E-state index contributed by atoms with van der Waals surface area (Å²) in [4.78, 5) is 10.9. The predicted octanol–water partition coefficient (Wildman–Crippen LogP) is 3.61. The second kappa shape index (κ2) is 5.95. The Morgan fingerprint density at radius 3 is 2.50 bits per heavy atom. The summed E-state index contributed by atoms with van der Waals surface area (Å²) in [5.41, 5.74) is 5.24. The highest BCUT2D eigenvalue weighted by atomic mass is 16.5. The molecular formula is C17H21NO2. The van der Waals surface area contributed by atoms with E-state index in [1.54, 1.807) is 0 Å². The fraction of sp³-hybridized carbons (Fsp3) is 0.353. The first-order chi connectivity index (χ1) is 9.52. The van der Waals surface area contributed by atoms with Crippen LogP contribution in [0, 0.1) is 27.7 Å². The van der Waals surface area contributed by atoms with Crippen molar-refractivity contribution < 1.29 is 9.53 Å². The zero-order chi connectivity index (χ0) is 14.7. The molecule has 0 saturated heterocycles. The molecule has 1 aromatic heterocycles. The van der Waals surface area contributed by atoms with Crippen molar-refractivity contribution in [2.24, 2.45) is 0 Å². The van der Waals surface area contributed by atoms with Crippen LogP contribution < -0.4 is 4.74 Å². The number of rotatable bonds is 5. The molecule has 0 spiro atoms. The molecule has 20 heavy (non-hydrogen) atoms. The largest absolute Gasteiger partial charge is 0.491 e. The van der Waals surface area contributed by atoms with Crippen LogP contribution in [-0.2, 0) is 6.54 Å². The summed E-state index contributed by atoms with van der Waals surface area (Å²) in [5, 5.41) is 0. The van der Waals surface area contributed by atoms with Crippen molar-refractivity contribution in [3.8, 4) is 5.75 Å². The molecule has 0 amide bonds. The second-order valence-corrected chi connectivity index (χ2v) is 5.21. The lowest BCUT2D eigenvalue weighted by molar-refractivity contribution is 0.112. The van der Waals surface area contributed by atoms with Gasteiger partial charge in [0.1, 0.15) is 12.4 Å². The summed E-state index contributed by atoms with van der Waals surface area (Å²) in [6, 6.07) is 8.10. The van der Waals surface area contributed by atoms with Crippen LogP contribution in [0.2, 0.25) is 0 Å². The molecule has 0 aliphatic rings. The van der Waals surface area contributed by atoms with Gasteiger partial charge in [0.15, 0.2) is 6.29 Å². The van der Waals surface area contributed by atoms with Gasteiger partial charge in [-0.15, -0.1) is 0 Å². The van der Waals surface area contributed by atoms with Gasteiger partial charge in [0.05, 0.1) is 6.54 Å². The number of benzene rings is 1. The van der Waals surface area contributed by atoms with E-state index >= 15 is 0 Å². The monoisotopic (exact) mass is 271 g/mol. The van der Waals surface area contributed by atoms with E-state index in [0.717, 1.165) is 41.1 Å². The van der Waals surface area contributed by atoms with Crippen LogP contribution in [0.5, 0.6) is 5.75 Å². The van der Waals surface area contributed by atoms with Crippen molar-refractivity contribution in [1.82, 2.24) is 4.57 Å². The molecule has 2 rings (SSSR count). The quantitative estimate of drug-likeness (QED) is 0.778. The van der Waals surface area contributed by atoms with E-state index in [0.29, 0.717) is 6.61 Å². The zero-order valence-corrected chi connectivity index (χ0v) is 12.6. The lowest BCUT2D eigenvalue weighted by Crippen LogP contribution is -2.11. The number of carbonyl (C=O) groups excluding carboxylic acids is 1. The van der Waals surface area contributed by atoms with Crippen LogP contribution in [0.4, 0.5) is 0 Å². The molecule has 0 aliphatic heterocycles. The minimum absolute atomic E-state index is 0.596. The van der Waals surface area contributed by atoms with Crippen molar-refractivity contribution in [3.63, 3.8) is 0 Å². The highest BCUT2D eigenvalue weighted by Gasteiger charge is 2.08. The van der Waals surface area contributed by atoms with Crippen LogP contribution in [0.3, 0.4) is 0 Å². The van der Waals surface area contributed by atoms with E-state index in [-0.39, 0.29) is 0 Å². The van der Waals surface area contributed by atoms with E-state index in [2.05, 4.69) is 30.5 Å². The van der Waals surface area contributed by atoms with Gasteiger partial charge in [0.2, 0.25) is 0 Å². The van der Waals surface area contributed by atoms with E-state index in [1.807, 2.05) is 26.0 Å². The lowest BCUT2D eigenvalue weighted by atomic mass is 10.1. The van der Waals surface area contributed by atoms with Crippen LogP contribution in [-0.4, -0.2) is 17.5 Å². The molecule has 0 saturated carbocycles. The number of aromatic nitrogens is 1.